The predicted octanol–water partition coefficient (Wildman–Crippen LogP) is 4.31. The number of aromatic nitrogens is 1. The van der Waals surface area contributed by atoms with Gasteiger partial charge in [0.2, 0.25) is 5.91 Å². The van der Waals surface area contributed by atoms with E-state index in [9.17, 15) is 14.4 Å². The van der Waals surface area contributed by atoms with Gasteiger partial charge in [0.25, 0.3) is 0 Å². The molecular weight excluding hydrogens is 456 g/mol. The second kappa shape index (κ2) is 8.53. The first-order valence-corrected chi connectivity index (χ1v) is 11.7. The Kier molecular flexibility index (Phi) is 5.18. The van der Waals surface area contributed by atoms with Crippen LogP contribution < -0.4 is 10.2 Å². The topological polar surface area (TPSA) is 99.7 Å². The highest BCUT2D eigenvalue weighted by Crippen LogP contribution is 2.39. The van der Waals surface area contributed by atoms with Crippen LogP contribution in [0.5, 0.6) is 5.75 Å². The summed E-state index contributed by atoms with van der Waals surface area (Å²) in [5, 5.41) is 9.69. The number of nitrogens with one attached hydrogen (secondary N) is 1. The monoisotopic (exact) mass is 478 g/mol. The number of H-pyrrole nitrogens is 1. The van der Waals surface area contributed by atoms with Gasteiger partial charge in [0.05, 0.1) is 30.5 Å². The minimum atomic E-state index is -1.00. The molecule has 6 rings (SSSR count). The van der Waals surface area contributed by atoms with Gasteiger partial charge in [-0.25, -0.2) is 4.79 Å². The Morgan fingerprint density at radius 2 is 1.86 bits per heavy atom. The van der Waals surface area contributed by atoms with Crippen LogP contribution in [0.1, 0.15) is 44.3 Å². The van der Waals surface area contributed by atoms with Crippen molar-refractivity contribution in [3.05, 3.63) is 117 Å². The van der Waals surface area contributed by atoms with Gasteiger partial charge in [-0.05, 0) is 59.2 Å². The van der Waals surface area contributed by atoms with E-state index in [0.29, 0.717) is 23.1 Å². The second-order valence-corrected chi connectivity index (χ2v) is 8.99. The second-order valence-electron chi connectivity index (χ2n) is 8.99. The van der Waals surface area contributed by atoms with Gasteiger partial charge in [0, 0.05) is 29.0 Å². The zero-order chi connectivity index (χ0) is 24.8. The third kappa shape index (κ3) is 3.65. The number of carbonyl (C=O) groups excluding carboxylic acids is 1. The molecule has 178 valence electrons. The summed E-state index contributed by atoms with van der Waals surface area (Å²) in [4.78, 5) is 43.1. The minimum Gasteiger partial charge on any atom is -0.493 e. The van der Waals surface area contributed by atoms with Crippen LogP contribution >= 0.6 is 0 Å². The zero-order valence-electron chi connectivity index (χ0n) is 19.2. The van der Waals surface area contributed by atoms with Crippen molar-refractivity contribution in [1.82, 2.24) is 9.88 Å². The molecule has 36 heavy (non-hydrogen) atoms. The van der Waals surface area contributed by atoms with Gasteiger partial charge in [-0.15, -0.1) is 0 Å². The lowest BCUT2D eigenvalue weighted by Crippen LogP contribution is -2.29. The van der Waals surface area contributed by atoms with Crippen molar-refractivity contribution in [3.63, 3.8) is 0 Å². The molecule has 1 amide bonds. The van der Waals surface area contributed by atoms with Crippen LogP contribution in [0.15, 0.2) is 77.6 Å². The lowest BCUT2D eigenvalue weighted by Gasteiger charge is -2.25. The third-order valence-electron chi connectivity index (χ3n) is 6.84. The molecule has 3 aromatic carbocycles. The standard InChI is InChI=1S/C29H22N2O5/c32-25(12-7-17-5-8-18(9-6-17)29(34)35)31-16-22-26(30-23-4-2-1-3-21(23)28(22)33)27(31)20-10-11-24-19(15-20)13-14-36-24/h1-12,15,27H,13-14,16H2,(H,30,33)(H,34,35)/b12-7+. The number of carboxylic acids is 1. The molecular formula is C29H22N2O5. The number of aromatic amines is 1. The lowest BCUT2D eigenvalue weighted by atomic mass is 9.98. The smallest absolute Gasteiger partial charge is 0.335 e. The van der Waals surface area contributed by atoms with Crippen LogP contribution in [0, 0.1) is 0 Å². The number of pyridine rings is 1. The molecule has 0 saturated heterocycles. The number of hydrogen-bond acceptors (Lipinski definition) is 4. The van der Waals surface area contributed by atoms with E-state index in [2.05, 4.69) is 11.1 Å². The van der Waals surface area contributed by atoms with E-state index in [1.165, 1.54) is 18.2 Å². The Morgan fingerprint density at radius 3 is 2.67 bits per heavy atom. The van der Waals surface area contributed by atoms with Gasteiger partial charge in [-0.3, -0.25) is 9.59 Å². The summed E-state index contributed by atoms with van der Waals surface area (Å²) in [6.45, 7) is 0.822. The van der Waals surface area contributed by atoms with Crippen LogP contribution in [-0.2, 0) is 17.8 Å². The SMILES string of the molecule is O=C(O)c1ccc(/C=C/C(=O)N2Cc3c([nH]c4ccccc4c3=O)C2c2ccc3c(c2)CCO3)cc1. The van der Waals surface area contributed by atoms with Crippen molar-refractivity contribution < 1.29 is 19.4 Å². The largest absolute Gasteiger partial charge is 0.493 e. The van der Waals surface area contributed by atoms with Gasteiger partial charge < -0.3 is 19.7 Å². The molecule has 0 spiro atoms. The Morgan fingerprint density at radius 1 is 1.06 bits per heavy atom. The van der Waals surface area contributed by atoms with Gasteiger partial charge in [0.15, 0.2) is 5.43 Å². The number of ether oxygens (including phenoxy) is 1. The van der Waals surface area contributed by atoms with Crippen LogP contribution in [0.2, 0.25) is 0 Å². The van der Waals surface area contributed by atoms with Crippen molar-refractivity contribution in [3.8, 4) is 5.75 Å². The molecule has 1 aromatic heterocycles. The van der Waals surface area contributed by atoms with E-state index in [1.54, 1.807) is 29.2 Å². The van der Waals surface area contributed by atoms with Crippen LogP contribution in [-0.4, -0.2) is 33.5 Å². The fourth-order valence-corrected chi connectivity index (χ4v) is 5.03. The molecule has 2 aliphatic heterocycles. The summed E-state index contributed by atoms with van der Waals surface area (Å²) in [5.74, 6) is -0.394. The number of benzene rings is 3. The highest BCUT2D eigenvalue weighted by molar-refractivity contribution is 5.93. The van der Waals surface area contributed by atoms with Crippen molar-refractivity contribution in [2.75, 3.05) is 6.61 Å². The van der Waals surface area contributed by atoms with Crippen LogP contribution in [0.3, 0.4) is 0 Å². The van der Waals surface area contributed by atoms with Crippen LogP contribution in [0.25, 0.3) is 17.0 Å². The van der Waals surface area contributed by atoms with Crippen molar-refractivity contribution in [2.45, 2.75) is 19.0 Å². The van der Waals surface area contributed by atoms with E-state index in [1.807, 2.05) is 30.3 Å². The molecule has 0 radical (unpaired) electrons. The first kappa shape index (κ1) is 21.9. The quantitative estimate of drug-likeness (QED) is 0.426. The molecule has 1 atom stereocenters. The third-order valence-corrected chi connectivity index (χ3v) is 6.84. The first-order chi connectivity index (χ1) is 17.5. The fourth-order valence-electron chi connectivity index (χ4n) is 5.03. The highest BCUT2D eigenvalue weighted by Gasteiger charge is 2.37. The van der Waals surface area contributed by atoms with E-state index in [0.717, 1.165) is 34.5 Å². The average molecular weight is 479 g/mol. The van der Waals surface area contributed by atoms with Gasteiger partial charge >= 0.3 is 5.97 Å². The Balaban J connectivity index is 1.41. The molecule has 0 saturated carbocycles. The summed E-state index contributed by atoms with van der Waals surface area (Å²) in [6.07, 6.45) is 3.93. The van der Waals surface area contributed by atoms with Crippen molar-refractivity contribution in [2.24, 2.45) is 0 Å². The predicted molar refractivity (Wildman–Crippen MR) is 135 cm³/mol. The van der Waals surface area contributed by atoms with E-state index in [-0.39, 0.29) is 23.4 Å². The fraction of sp³-hybridized carbons (Fsp3) is 0.138. The number of para-hydroxylation sites is 1. The zero-order valence-corrected chi connectivity index (χ0v) is 19.2. The number of aromatic carboxylic acids is 1. The molecule has 1 unspecified atom stereocenters. The maximum Gasteiger partial charge on any atom is 0.335 e. The van der Waals surface area contributed by atoms with Gasteiger partial charge in [-0.1, -0.05) is 30.3 Å². The minimum absolute atomic E-state index is 0.0719. The Bertz CT molecular complexity index is 1620. The van der Waals surface area contributed by atoms with Gasteiger partial charge in [-0.2, -0.15) is 0 Å². The summed E-state index contributed by atoms with van der Waals surface area (Å²) in [6, 6.07) is 19.2. The number of fused-ring (bicyclic) bond motifs is 3. The number of hydrogen-bond donors (Lipinski definition) is 2. The molecule has 2 N–H and O–H groups in total. The highest BCUT2D eigenvalue weighted by atomic mass is 16.5. The maximum absolute atomic E-state index is 13.5. The molecule has 3 heterocycles. The maximum atomic E-state index is 13.5. The Hall–Kier alpha value is -4.65. The number of amides is 1. The number of carbonyl (C=O) groups is 2. The van der Waals surface area contributed by atoms with E-state index >= 15 is 0 Å². The summed E-state index contributed by atoms with van der Waals surface area (Å²) in [7, 11) is 0. The number of rotatable bonds is 4. The summed E-state index contributed by atoms with van der Waals surface area (Å²) in [5.41, 5.74) is 4.87. The normalized spacial score (nSPS) is 16.2. The number of carboxylic acid groups (broad SMARTS) is 1. The molecule has 7 nitrogen and oxygen atoms in total. The first-order valence-electron chi connectivity index (χ1n) is 11.7. The molecule has 0 aliphatic carbocycles. The van der Waals surface area contributed by atoms with Crippen molar-refractivity contribution in [1.29, 1.82) is 0 Å². The van der Waals surface area contributed by atoms with Crippen LogP contribution in [0.4, 0.5) is 0 Å². The average Bonchev–Trinajstić information content (AvgIpc) is 3.52. The van der Waals surface area contributed by atoms with E-state index < -0.39 is 12.0 Å². The van der Waals surface area contributed by atoms with Crippen molar-refractivity contribution >= 4 is 28.9 Å². The van der Waals surface area contributed by atoms with Gasteiger partial charge in [0.1, 0.15) is 5.75 Å². The number of nitrogens with zero attached hydrogens (tertiary/aromatic N) is 1. The molecule has 2 aliphatic rings. The molecule has 4 aromatic rings. The molecule has 7 heteroatoms. The molecule has 0 bridgehead atoms. The summed E-state index contributed by atoms with van der Waals surface area (Å²) < 4.78 is 5.66. The lowest BCUT2D eigenvalue weighted by molar-refractivity contribution is -0.127. The molecule has 0 fully saturated rings. The summed E-state index contributed by atoms with van der Waals surface area (Å²) >= 11 is 0. The van der Waals surface area contributed by atoms with E-state index in [4.69, 9.17) is 9.84 Å². The Labute approximate surface area is 206 Å².